The molecule has 0 bridgehead atoms. The number of aromatic nitrogens is 2. The van der Waals surface area contributed by atoms with Gasteiger partial charge in [-0.2, -0.15) is 5.10 Å². The Morgan fingerprint density at radius 1 is 1.53 bits per heavy atom. The highest BCUT2D eigenvalue weighted by Gasteiger charge is 2.23. The van der Waals surface area contributed by atoms with Crippen LogP contribution in [0, 0.1) is 5.92 Å². The number of nitrogens with one attached hydrogen (secondary N) is 1. The van der Waals surface area contributed by atoms with Crippen molar-refractivity contribution in [2.45, 2.75) is 32.7 Å². The SMILES string of the molecule is CC(C)n1nccc1NC(=O)N1CCC(CO)CC1. The van der Waals surface area contributed by atoms with Crippen LogP contribution in [0.4, 0.5) is 10.6 Å². The van der Waals surface area contributed by atoms with Crippen LogP contribution in [-0.2, 0) is 0 Å². The molecule has 6 heteroatoms. The molecule has 1 aromatic rings. The van der Waals surface area contributed by atoms with Crippen molar-refractivity contribution in [1.82, 2.24) is 14.7 Å². The lowest BCUT2D eigenvalue weighted by Gasteiger charge is -2.31. The highest BCUT2D eigenvalue weighted by atomic mass is 16.3. The van der Waals surface area contributed by atoms with Crippen molar-refractivity contribution in [3.8, 4) is 0 Å². The van der Waals surface area contributed by atoms with E-state index < -0.39 is 0 Å². The van der Waals surface area contributed by atoms with Gasteiger partial charge < -0.3 is 10.0 Å². The predicted molar refractivity (Wildman–Crippen MR) is 73.0 cm³/mol. The Morgan fingerprint density at radius 3 is 2.79 bits per heavy atom. The van der Waals surface area contributed by atoms with Crippen molar-refractivity contribution in [3.05, 3.63) is 12.3 Å². The molecule has 0 unspecified atom stereocenters. The smallest absolute Gasteiger partial charge is 0.322 e. The van der Waals surface area contributed by atoms with Gasteiger partial charge in [-0.1, -0.05) is 0 Å². The van der Waals surface area contributed by atoms with Gasteiger partial charge in [0.2, 0.25) is 0 Å². The number of aliphatic hydroxyl groups is 1. The summed E-state index contributed by atoms with van der Waals surface area (Å²) in [5, 5.41) is 16.2. The van der Waals surface area contributed by atoms with Crippen LogP contribution in [0.1, 0.15) is 32.7 Å². The van der Waals surface area contributed by atoms with Crippen LogP contribution in [-0.4, -0.2) is 45.5 Å². The van der Waals surface area contributed by atoms with Crippen molar-refractivity contribution >= 4 is 11.8 Å². The Bertz CT molecular complexity index is 422. The standard InChI is InChI=1S/C13H22N4O2/c1-10(2)17-12(3-6-14-17)15-13(19)16-7-4-11(9-18)5-8-16/h3,6,10-11,18H,4-5,7-9H2,1-2H3,(H,15,19). The van der Waals surface area contributed by atoms with Gasteiger partial charge in [0.1, 0.15) is 5.82 Å². The molecule has 19 heavy (non-hydrogen) atoms. The molecule has 0 aromatic carbocycles. The molecule has 0 spiro atoms. The maximum Gasteiger partial charge on any atom is 0.322 e. The molecular formula is C13H22N4O2. The lowest BCUT2D eigenvalue weighted by atomic mass is 9.98. The van der Waals surface area contributed by atoms with E-state index >= 15 is 0 Å². The molecule has 2 heterocycles. The first-order valence-electron chi connectivity index (χ1n) is 6.82. The molecule has 2 N–H and O–H groups in total. The quantitative estimate of drug-likeness (QED) is 0.874. The summed E-state index contributed by atoms with van der Waals surface area (Å²) in [6, 6.07) is 1.93. The summed E-state index contributed by atoms with van der Waals surface area (Å²) in [7, 11) is 0. The second-order valence-corrected chi connectivity index (χ2v) is 5.30. The van der Waals surface area contributed by atoms with E-state index in [2.05, 4.69) is 10.4 Å². The summed E-state index contributed by atoms with van der Waals surface area (Å²) in [6.45, 7) is 5.67. The van der Waals surface area contributed by atoms with Crippen molar-refractivity contribution < 1.29 is 9.90 Å². The van der Waals surface area contributed by atoms with Crippen molar-refractivity contribution in [1.29, 1.82) is 0 Å². The van der Waals surface area contributed by atoms with Gasteiger partial charge in [0.25, 0.3) is 0 Å². The summed E-state index contributed by atoms with van der Waals surface area (Å²) in [4.78, 5) is 13.9. The molecule has 1 aliphatic heterocycles. The molecule has 1 aliphatic rings. The zero-order valence-corrected chi connectivity index (χ0v) is 11.5. The summed E-state index contributed by atoms with van der Waals surface area (Å²) < 4.78 is 1.79. The number of likely N-dealkylation sites (tertiary alicyclic amines) is 1. The average Bonchev–Trinajstić information content (AvgIpc) is 2.87. The first-order valence-corrected chi connectivity index (χ1v) is 6.82. The van der Waals surface area contributed by atoms with Gasteiger partial charge >= 0.3 is 6.03 Å². The first-order chi connectivity index (χ1) is 9.11. The van der Waals surface area contributed by atoms with Crippen molar-refractivity contribution in [2.24, 2.45) is 5.92 Å². The molecule has 1 saturated heterocycles. The molecule has 0 aliphatic carbocycles. The monoisotopic (exact) mass is 266 g/mol. The molecule has 0 radical (unpaired) electrons. The Kier molecular flexibility index (Phi) is 4.42. The van der Waals surface area contributed by atoms with Crippen LogP contribution < -0.4 is 5.32 Å². The molecule has 1 fully saturated rings. The maximum absolute atomic E-state index is 12.1. The van der Waals surface area contributed by atoms with E-state index in [-0.39, 0.29) is 18.7 Å². The first kappa shape index (κ1) is 13.9. The van der Waals surface area contributed by atoms with Gasteiger partial charge in [-0.05, 0) is 32.6 Å². The molecule has 106 valence electrons. The van der Waals surface area contributed by atoms with Crippen LogP contribution in [0.2, 0.25) is 0 Å². The topological polar surface area (TPSA) is 70.4 Å². The fourth-order valence-electron chi connectivity index (χ4n) is 2.33. The van der Waals surface area contributed by atoms with Gasteiger partial charge in [-0.15, -0.1) is 0 Å². The summed E-state index contributed by atoms with van der Waals surface area (Å²) in [6.07, 6.45) is 3.42. The minimum Gasteiger partial charge on any atom is -0.396 e. The van der Waals surface area contributed by atoms with E-state index in [1.807, 2.05) is 13.8 Å². The van der Waals surface area contributed by atoms with Gasteiger partial charge in [0.15, 0.2) is 0 Å². The van der Waals surface area contributed by atoms with Crippen LogP contribution in [0.15, 0.2) is 12.3 Å². The number of hydrogen-bond acceptors (Lipinski definition) is 3. The molecule has 1 aromatic heterocycles. The third-order valence-corrected chi connectivity index (χ3v) is 3.55. The highest BCUT2D eigenvalue weighted by molar-refractivity contribution is 5.88. The fraction of sp³-hybridized carbons (Fsp3) is 0.692. The zero-order valence-electron chi connectivity index (χ0n) is 11.5. The summed E-state index contributed by atoms with van der Waals surface area (Å²) >= 11 is 0. The number of carbonyl (C=O) groups excluding carboxylic acids is 1. The molecule has 6 nitrogen and oxygen atoms in total. The Labute approximate surface area is 113 Å². The minimum atomic E-state index is -0.0845. The number of carbonyl (C=O) groups is 1. The lowest BCUT2D eigenvalue weighted by Crippen LogP contribution is -2.42. The highest BCUT2D eigenvalue weighted by Crippen LogP contribution is 2.18. The summed E-state index contributed by atoms with van der Waals surface area (Å²) in [5.41, 5.74) is 0. The van der Waals surface area contributed by atoms with Gasteiger partial charge in [-0.3, -0.25) is 5.32 Å². The van der Waals surface area contributed by atoms with E-state index in [9.17, 15) is 4.79 Å². The second kappa shape index (κ2) is 6.06. The number of rotatable bonds is 3. The van der Waals surface area contributed by atoms with E-state index in [0.717, 1.165) is 18.7 Å². The van der Waals surface area contributed by atoms with Gasteiger partial charge in [0.05, 0.1) is 6.20 Å². The van der Waals surface area contributed by atoms with Gasteiger partial charge in [-0.25, -0.2) is 9.48 Å². The number of nitrogens with zero attached hydrogens (tertiary/aromatic N) is 3. The van der Waals surface area contributed by atoms with E-state index in [1.54, 1.807) is 21.8 Å². The maximum atomic E-state index is 12.1. The van der Waals surface area contributed by atoms with E-state index in [4.69, 9.17) is 5.11 Å². The predicted octanol–water partition coefficient (Wildman–Crippen LogP) is 1.70. The third-order valence-electron chi connectivity index (χ3n) is 3.55. The Morgan fingerprint density at radius 2 is 2.21 bits per heavy atom. The molecule has 0 saturated carbocycles. The normalized spacial score (nSPS) is 16.9. The third kappa shape index (κ3) is 3.26. The molecule has 2 rings (SSSR count). The Balaban J connectivity index is 1.92. The van der Waals surface area contributed by atoms with Crippen LogP contribution in [0.3, 0.4) is 0 Å². The fourth-order valence-corrected chi connectivity index (χ4v) is 2.33. The Hall–Kier alpha value is -1.56. The molecule has 2 amide bonds. The number of aliphatic hydroxyl groups excluding tert-OH is 1. The minimum absolute atomic E-state index is 0.0845. The second-order valence-electron chi connectivity index (χ2n) is 5.30. The van der Waals surface area contributed by atoms with Crippen molar-refractivity contribution in [3.63, 3.8) is 0 Å². The number of hydrogen-bond donors (Lipinski definition) is 2. The number of amides is 2. The van der Waals surface area contributed by atoms with Crippen molar-refractivity contribution in [2.75, 3.05) is 25.0 Å². The molecule has 0 atom stereocenters. The largest absolute Gasteiger partial charge is 0.396 e. The van der Waals surface area contributed by atoms with E-state index in [0.29, 0.717) is 19.0 Å². The van der Waals surface area contributed by atoms with E-state index in [1.165, 1.54) is 0 Å². The van der Waals surface area contributed by atoms with Crippen LogP contribution in [0.25, 0.3) is 0 Å². The number of piperidine rings is 1. The summed E-state index contributed by atoms with van der Waals surface area (Å²) in [5.74, 6) is 1.06. The molecular weight excluding hydrogens is 244 g/mol. The lowest BCUT2D eigenvalue weighted by molar-refractivity contribution is 0.143. The zero-order chi connectivity index (χ0) is 13.8. The number of urea groups is 1. The average molecular weight is 266 g/mol. The number of anilines is 1. The van der Waals surface area contributed by atoms with Crippen LogP contribution >= 0.6 is 0 Å². The van der Waals surface area contributed by atoms with Gasteiger partial charge in [0, 0.05) is 31.8 Å². The van der Waals surface area contributed by atoms with Crippen LogP contribution in [0.5, 0.6) is 0 Å².